The number of benzene rings is 1. The Morgan fingerprint density at radius 2 is 2.03 bits per heavy atom. The molecule has 3 aliphatic heterocycles. The smallest absolute Gasteiger partial charge is 0.243 e. The lowest BCUT2D eigenvalue weighted by Gasteiger charge is -2.54. The second kappa shape index (κ2) is 8.32. The summed E-state index contributed by atoms with van der Waals surface area (Å²) in [4.78, 5) is 30.2. The van der Waals surface area contributed by atoms with Crippen molar-refractivity contribution in [3.8, 4) is 0 Å². The maximum atomic E-state index is 13.7. The average Bonchev–Trinajstić information content (AvgIpc) is 3.22. The van der Waals surface area contributed by atoms with Gasteiger partial charge < -0.3 is 14.8 Å². The molecular weight excluding hydrogens is 412 g/mol. The molecule has 174 valence electrons. The molecule has 6 nitrogen and oxygen atoms in total. The van der Waals surface area contributed by atoms with Gasteiger partial charge in [-0.15, -0.1) is 0 Å². The number of fused-ring (bicyclic) bond motifs is 7. The molecule has 1 aliphatic carbocycles. The van der Waals surface area contributed by atoms with E-state index in [1.165, 1.54) is 44.7 Å². The topological polar surface area (TPSA) is 57.6 Å². The van der Waals surface area contributed by atoms with Crippen LogP contribution in [0.4, 0.5) is 5.69 Å². The molecule has 4 heterocycles. The molecule has 33 heavy (non-hydrogen) atoms. The van der Waals surface area contributed by atoms with E-state index < -0.39 is 0 Å². The maximum absolute atomic E-state index is 13.7. The normalized spacial score (nSPS) is 29.2. The van der Waals surface area contributed by atoms with Crippen molar-refractivity contribution in [2.75, 3.05) is 25.0 Å². The molecule has 0 saturated carbocycles. The fourth-order valence-electron chi connectivity index (χ4n) is 7.15. The number of nitrogens with one attached hydrogen (secondary N) is 1. The number of likely N-dealkylation sites (tertiary alicyclic amines) is 1. The summed E-state index contributed by atoms with van der Waals surface area (Å²) >= 11 is 0. The lowest BCUT2D eigenvalue weighted by molar-refractivity contribution is -0.136. The molecule has 2 bridgehead atoms. The van der Waals surface area contributed by atoms with Crippen molar-refractivity contribution in [3.05, 3.63) is 42.1 Å². The van der Waals surface area contributed by atoms with Crippen LogP contribution in [0.3, 0.4) is 0 Å². The predicted octanol–water partition coefficient (Wildman–Crippen LogP) is 4.02. The summed E-state index contributed by atoms with van der Waals surface area (Å²) in [6, 6.07) is 8.89. The quantitative estimate of drug-likeness (QED) is 0.725. The zero-order chi connectivity index (χ0) is 22.5. The van der Waals surface area contributed by atoms with Crippen molar-refractivity contribution in [3.63, 3.8) is 0 Å². The monoisotopic (exact) mass is 446 g/mol. The summed E-state index contributed by atoms with van der Waals surface area (Å²) in [5, 5.41) is 3.88. The summed E-state index contributed by atoms with van der Waals surface area (Å²) in [5.74, 6) is 1.39. The van der Waals surface area contributed by atoms with Gasteiger partial charge in [0.1, 0.15) is 6.54 Å². The van der Waals surface area contributed by atoms with Crippen LogP contribution in [0.5, 0.6) is 0 Å². The number of amides is 2. The summed E-state index contributed by atoms with van der Waals surface area (Å²) in [5.41, 5.74) is 3.32. The molecule has 3 saturated heterocycles. The number of anilines is 1. The minimum absolute atomic E-state index is 0.0852. The number of carbonyl (C=O) groups is 2. The Balaban J connectivity index is 1.25. The van der Waals surface area contributed by atoms with Crippen LogP contribution >= 0.6 is 0 Å². The minimum atomic E-state index is -0.0852. The number of rotatable bonds is 3. The van der Waals surface area contributed by atoms with Crippen LogP contribution in [0.2, 0.25) is 0 Å². The van der Waals surface area contributed by atoms with E-state index in [0.717, 1.165) is 48.6 Å². The molecule has 4 atom stereocenters. The third-order valence-electron chi connectivity index (χ3n) is 8.41. The van der Waals surface area contributed by atoms with Gasteiger partial charge in [-0.25, -0.2) is 0 Å². The highest BCUT2D eigenvalue weighted by Crippen LogP contribution is 2.45. The van der Waals surface area contributed by atoms with Gasteiger partial charge in [0.05, 0.1) is 17.2 Å². The van der Waals surface area contributed by atoms with E-state index in [9.17, 15) is 9.59 Å². The van der Waals surface area contributed by atoms with Crippen LogP contribution in [0.15, 0.2) is 42.1 Å². The van der Waals surface area contributed by atoms with Gasteiger partial charge >= 0.3 is 0 Å². The van der Waals surface area contributed by atoms with Gasteiger partial charge in [0.15, 0.2) is 0 Å². The molecule has 6 rings (SSSR count). The fourth-order valence-corrected chi connectivity index (χ4v) is 7.15. The Labute approximate surface area is 195 Å². The first-order chi connectivity index (χ1) is 16.1. The predicted molar refractivity (Wildman–Crippen MR) is 130 cm³/mol. The molecule has 1 aromatic heterocycles. The van der Waals surface area contributed by atoms with E-state index in [-0.39, 0.29) is 17.9 Å². The van der Waals surface area contributed by atoms with Crippen molar-refractivity contribution >= 4 is 28.4 Å². The average molecular weight is 447 g/mol. The van der Waals surface area contributed by atoms with Gasteiger partial charge in [-0.05, 0) is 68.7 Å². The highest BCUT2D eigenvalue weighted by atomic mass is 16.2. The van der Waals surface area contributed by atoms with Crippen LogP contribution in [0, 0.1) is 11.8 Å². The van der Waals surface area contributed by atoms with E-state index in [1.54, 1.807) is 0 Å². The van der Waals surface area contributed by atoms with Gasteiger partial charge in [-0.3, -0.25) is 14.5 Å². The van der Waals surface area contributed by atoms with Crippen molar-refractivity contribution in [2.45, 2.75) is 64.1 Å². The highest BCUT2D eigenvalue weighted by molar-refractivity contribution is 6.01. The van der Waals surface area contributed by atoms with E-state index in [2.05, 4.69) is 21.2 Å². The number of piperidine rings is 3. The van der Waals surface area contributed by atoms with Gasteiger partial charge in [0.2, 0.25) is 11.8 Å². The number of hydrogen-bond donors (Lipinski definition) is 1. The van der Waals surface area contributed by atoms with Crippen molar-refractivity contribution in [1.29, 1.82) is 0 Å². The number of aromatic nitrogens is 1. The number of carbonyl (C=O) groups excluding carboxylic acids is 2. The first kappa shape index (κ1) is 21.0. The van der Waals surface area contributed by atoms with Gasteiger partial charge in [-0.1, -0.05) is 24.1 Å². The molecule has 0 unspecified atom stereocenters. The third-order valence-corrected chi connectivity index (χ3v) is 8.41. The van der Waals surface area contributed by atoms with E-state index in [0.29, 0.717) is 18.4 Å². The maximum Gasteiger partial charge on any atom is 0.243 e. The van der Waals surface area contributed by atoms with Crippen LogP contribution in [0.25, 0.3) is 10.9 Å². The molecule has 6 heteroatoms. The Bertz CT molecular complexity index is 1120. The number of nitrogens with zero attached hydrogens (tertiary/aromatic N) is 3. The summed E-state index contributed by atoms with van der Waals surface area (Å²) in [6.45, 7) is 5.11. The summed E-state index contributed by atoms with van der Waals surface area (Å²) in [6.07, 6.45) is 12.1. The minimum Gasteiger partial charge on any atom is -0.338 e. The van der Waals surface area contributed by atoms with Crippen molar-refractivity contribution in [2.24, 2.45) is 11.8 Å². The van der Waals surface area contributed by atoms with Crippen molar-refractivity contribution < 1.29 is 9.59 Å². The fraction of sp³-hybridized carbons (Fsp3) is 0.556. The highest BCUT2D eigenvalue weighted by Gasteiger charge is 2.46. The summed E-state index contributed by atoms with van der Waals surface area (Å²) in [7, 11) is 0. The van der Waals surface area contributed by atoms with Crippen LogP contribution in [-0.4, -0.2) is 57.9 Å². The first-order valence-electron chi connectivity index (χ1n) is 12.7. The molecule has 0 spiro atoms. The standard InChI is InChI=1S/C27H34N4O2/c1-18(32)28-23-7-4-9-25-22(23)10-13-30(25)17-26(33)31-12-5-6-19-14-20-15-21(27(19)31)16-29-11-3-2-8-24(20)29/h4,7,9-10,13-14,20-21,24,27H,2-3,5-6,8,11-12,15-17H2,1H3,(H,28,32)/t20-,21-,24+,27-/m0/s1. The second-order valence-corrected chi connectivity index (χ2v) is 10.5. The zero-order valence-corrected chi connectivity index (χ0v) is 19.5. The third kappa shape index (κ3) is 3.68. The Hall–Kier alpha value is -2.60. The Morgan fingerprint density at radius 1 is 1.12 bits per heavy atom. The van der Waals surface area contributed by atoms with Crippen molar-refractivity contribution in [1.82, 2.24) is 14.4 Å². The van der Waals surface area contributed by atoms with Gasteiger partial charge in [0, 0.05) is 37.6 Å². The first-order valence-corrected chi connectivity index (χ1v) is 12.7. The van der Waals surface area contributed by atoms with Crippen LogP contribution in [0.1, 0.15) is 45.4 Å². The lowest BCUT2D eigenvalue weighted by atomic mass is 9.68. The van der Waals surface area contributed by atoms with Gasteiger partial charge in [-0.2, -0.15) is 0 Å². The van der Waals surface area contributed by atoms with Crippen LogP contribution in [-0.2, 0) is 16.1 Å². The van der Waals surface area contributed by atoms with E-state index in [1.807, 2.05) is 35.0 Å². The van der Waals surface area contributed by atoms with E-state index >= 15 is 0 Å². The van der Waals surface area contributed by atoms with Gasteiger partial charge in [0.25, 0.3) is 0 Å². The second-order valence-electron chi connectivity index (χ2n) is 10.5. The molecule has 2 amide bonds. The summed E-state index contributed by atoms with van der Waals surface area (Å²) < 4.78 is 2.04. The van der Waals surface area contributed by atoms with E-state index in [4.69, 9.17) is 0 Å². The molecule has 0 radical (unpaired) electrons. The molecule has 4 aliphatic rings. The Morgan fingerprint density at radius 3 is 2.91 bits per heavy atom. The Kier molecular flexibility index (Phi) is 5.28. The largest absolute Gasteiger partial charge is 0.338 e. The lowest BCUT2D eigenvalue weighted by Crippen LogP contribution is -2.60. The zero-order valence-electron chi connectivity index (χ0n) is 19.5. The molecule has 1 N–H and O–H groups in total. The van der Waals surface area contributed by atoms with Crippen LogP contribution < -0.4 is 5.32 Å². The molecule has 3 fully saturated rings. The molecule has 2 aromatic rings. The SMILES string of the molecule is CC(=O)Nc1cccc2c1ccn2CC(=O)N1CCCC2=C[C@H]3C[C@@H](CN4CCCC[C@H]34)[C@H]21. The number of hydrogen-bond acceptors (Lipinski definition) is 3. The molecular formula is C27H34N4O2. The molecule has 1 aromatic carbocycles.